The number of ether oxygens (including phenoxy) is 1. The minimum absolute atomic E-state index is 0.323. The molecule has 0 aliphatic carbocycles. The van der Waals surface area contributed by atoms with Crippen LogP contribution in [0, 0.1) is 0 Å². The van der Waals surface area contributed by atoms with Crippen LogP contribution < -0.4 is 4.74 Å². The first-order valence-electron chi connectivity index (χ1n) is 6.69. The van der Waals surface area contributed by atoms with Crippen molar-refractivity contribution in [3.8, 4) is 5.75 Å². The highest BCUT2D eigenvalue weighted by atomic mass is 32.2. The minimum Gasteiger partial charge on any atom is -0.482 e. The molecular weight excluding hydrogens is 304 g/mol. The fourth-order valence-electron chi connectivity index (χ4n) is 2.43. The molecule has 1 heterocycles. The van der Waals surface area contributed by atoms with E-state index in [9.17, 15) is 13.2 Å². The molecule has 114 valence electrons. The van der Waals surface area contributed by atoms with Crippen LogP contribution in [0.3, 0.4) is 0 Å². The van der Waals surface area contributed by atoms with Gasteiger partial charge in [-0.25, -0.2) is 0 Å². The fourth-order valence-corrected chi connectivity index (χ4v) is 3.00. The second-order valence-electron chi connectivity index (χ2n) is 5.03. The number of carbonyl (C=O) groups is 1. The number of benzene rings is 2. The van der Waals surface area contributed by atoms with Crippen molar-refractivity contribution in [2.45, 2.75) is 12.2 Å². The number of fused-ring (bicyclic) bond motifs is 1. The third kappa shape index (κ3) is 2.88. The molecule has 2 aromatic carbocycles. The number of hydrogen-bond donors (Lipinski definition) is 0. The quantitative estimate of drug-likeness (QED) is 0.813. The first-order chi connectivity index (χ1) is 10.5. The molecule has 2 atom stereocenters. The Balaban J connectivity index is 2.08. The zero-order chi connectivity index (χ0) is 15.7. The smallest absolute Gasteiger partial charge is 0.265 e. The van der Waals surface area contributed by atoms with E-state index in [4.69, 9.17) is 8.92 Å². The largest absolute Gasteiger partial charge is 0.482 e. The average molecular weight is 318 g/mol. The van der Waals surface area contributed by atoms with Crippen LogP contribution in [0.25, 0.3) is 0 Å². The predicted molar refractivity (Wildman–Crippen MR) is 80.3 cm³/mol. The van der Waals surface area contributed by atoms with Gasteiger partial charge >= 0.3 is 0 Å². The Hall–Kier alpha value is -2.18. The lowest BCUT2D eigenvalue weighted by Crippen LogP contribution is -2.39. The minimum atomic E-state index is -3.80. The molecule has 0 radical (unpaired) electrons. The maximum Gasteiger partial charge on any atom is 0.265 e. The normalized spacial score (nSPS) is 21.0. The molecule has 1 aliphatic heterocycles. The molecule has 1 aliphatic rings. The monoisotopic (exact) mass is 318 g/mol. The van der Waals surface area contributed by atoms with Crippen molar-refractivity contribution in [2.24, 2.45) is 0 Å². The van der Waals surface area contributed by atoms with Crippen LogP contribution in [0.1, 0.15) is 22.0 Å². The van der Waals surface area contributed by atoms with Gasteiger partial charge in [-0.3, -0.25) is 8.98 Å². The summed E-state index contributed by atoms with van der Waals surface area (Å²) in [6.45, 7) is 0. The van der Waals surface area contributed by atoms with E-state index in [1.807, 2.05) is 6.07 Å². The highest BCUT2D eigenvalue weighted by Crippen LogP contribution is 2.36. The Kier molecular flexibility index (Phi) is 3.72. The zero-order valence-electron chi connectivity index (χ0n) is 11.8. The summed E-state index contributed by atoms with van der Waals surface area (Å²) in [5.74, 6) is 0.0239. The van der Waals surface area contributed by atoms with E-state index < -0.39 is 28.1 Å². The molecule has 0 aromatic heterocycles. The Bertz CT molecular complexity index is 798. The van der Waals surface area contributed by atoms with Gasteiger partial charge in [0.05, 0.1) is 11.8 Å². The van der Waals surface area contributed by atoms with Gasteiger partial charge in [-0.05, 0) is 17.7 Å². The maximum absolute atomic E-state index is 12.6. The molecule has 5 nitrogen and oxygen atoms in total. The number of ketones is 1. The number of Topliss-reactive ketones (excluding diaryl/α,β-unsaturated/α-hetero) is 1. The molecule has 2 aromatic rings. The molecule has 0 fully saturated rings. The van der Waals surface area contributed by atoms with Gasteiger partial charge in [0.15, 0.2) is 12.2 Å². The van der Waals surface area contributed by atoms with Gasteiger partial charge in [-0.15, -0.1) is 0 Å². The molecule has 3 rings (SSSR count). The standard InChI is InChI=1S/C16H14O5S/c1-22(18,19)21-16-14(17)12-9-5-6-10-13(12)20-15(16)11-7-3-2-4-8-11/h2-10,15-16H,1H3. The third-order valence-corrected chi connectivity index (χ3v) is 3.90. The fraction of sp³-hybridized carbons (Fsp3) is 0.188. The van der Waals surface area contributed by atoms with Crippen molar-refractivity contribution in [3.63, 3.8) is 0 Å². The Labute approximate surface area is 128 Å². The molecule has 6 heteroatoms. The summed E-state index contributed by atoms with van der Waals surface area (Å²) in [5.41, 5.74) is 1.00. The van der Waals surface area contributed by atoms with Crippen molar-refractivity contribution in [2.75, 3.05) is 6.26 Å². The number of para-hydroxylation sites is 1. The van der Waals surface area contributed by atoms with Gasteiger partial charge in [0.25, 0.3) is 10.1 Å². The first kappa shape index (κ1) is 14.7. The first-order valence-corrected chi connectivity index (χ1v) is 8.50. The highest BCUT2D eigenvalue weighted by molar-refractivity contribution is 7.86. The predicted octanol–water partition coefficient (Wildman–Crippen LogP) is 2.35. The van der Waals surface area contributed by atoms with Crippen LogP contribution in [-0.4, -0.2) is 26.6 Å². The van der Waals surface area contributed by atoms with Crippen LogP contribution in [0.2, 0.25) is 0 Å². The van der Waals surface area contributed by atoms with Crippen LogP contribution in [0.5, 0.6) is 5.75 Å². The van der Waals surface area contributed by atoms with Gasteiger partial charge in [-0.2, -0.15) is 8.42 Å². The van der Waals surface area contributed by atoms with Gasteiger partial charge in [0, 0.05) is 0 Å². The van der Waals surface area contributed by atoms with E-state index in [0.717, 1.165) is 6.26 Å². The summed E-state index contributed by atoms with van der Waals surface area (Å²) in [7, 11) is -3.80. The lowest BCUT2D eigenvalue weighted by Gasteiger charge is -2.31. The Morgan fingerprint density at radius 2 is 1.64 bits per heavy atom. The van der Waals surface area contributed by atoms with E-state index in [0.29, 0.717) is 16.9 Å². The molecule has 0 bridgehead atoms. The summed E-state index contributed by atoms with van der Waals surface area (Å²) in [4.78, 5) is 12.6. The van der Waals surface area contributed by atoms with E-state index in [2.05, 4.69) is 0 Å². The highest BCUT2D eigenvalue weighted by Gasteiger charge is 2.41. The average Bonchev–Trinajstić information content (AvgIpc) is 2.50. The SMILES string of the molecule is CS(=O)(=O)OC1C(=O)c2ccccc2OC1c1ccccc1. The summed E-state index contributed by atoms with van der Waals surface area (Å²) < 4.78 is 33.9. The van der Waals surface area contributed by atoms with Gasteiger partial charge < -0.3 is 4.74 Å². The van der Waals surface area contributed by atoms with Crippen molar-refractivity contribution in [3.05, 3.63) is 65.7 Å². The molecule has 0 spiro atoms. The lowest BCUT2D eigenvalue weighted by molar-refractivity contribution is 0.0347. The Morgan fingerprint density at radius 1 is 1.00 bits per heavy atom. The second kappa shape index (κ2) is 5.55. The zero-order valence-corrected chi connectivity index (χ0v) is 12.6. The van der Waals surface area contributed by atoms with E-state index in [1.165, 1.54) is 0 Å². The van der Waals surface area contributed by atoms with Crippen LogP contribution in [-0.2, 0) is 14.3 Å². The van der Waals surface area contributed by atoms with Gasteiger partial charge in [0.2, 0.25) is 5.78 Å². The summed E-state index contributed by atoms with van der Waals surface area (Å²) in [5, 5.41) is 0. The summed E-state index contributed by atoms with van der Waals surface area (Å²) in [6, 6.07) is 15.7. The number of hydrogen-bond acceptors (Lipinski definition) is 5. The molecule has 0 saturated heterocycles. The summed E-state index contributed by atoms with van der Waals surface area (Å²) in [6.07, 6.45) is -1.12. The molecule has 0 amide bonds. The molecule has 0 N–H and O–H groups in total. The van der Waals surface area contributed by atoms with E-state index in [1.54, 1.807) is 48.5 Å². The topological polar surface area (TPSA) is 69.7 Å². The molecule has 0 saturated carbocycles. The van der Waals surface area contributed by atoms with Gasteiger partial charge in [-0.1, -0.05) is 42.5 Å². The number of carbonyl (C=O) groups excluding carboxylic acids is 1. The van der Waals surface area contributed by atoms with Crippen molar-refractivity contribution >= 4 is 15.9 Å². The second-order valence-corrected chi connectivity index (χ2v) is 6.63. The number of rotatable bonds is 3. The molecule has 2 unspecified atom stereocenters. The van der Waals surface area contributed by atoms with E-state index in [-0.39, 0.29) is 0 Å². The van der Waals surface area contributed by atoms with Crippen LogP contribution in [0.4, 0.5) is 0 Å². The molecule has 22 heavy (non-hydrogen) atoms. The third-order valence-electron chi connectivity index (χ3n) is 3.35. The van der Waals surface area contributed by atoms with Crippen molar-refractivity contribution in [1.29, 1.82) is 0 Å². The van der Waals surface area contributed by atoms with Crippen LogP contribution >= 0.6 is 0 Å². The molecular formula is C16H14O5S. The summed E-state index contributed by atoms with van der Waals surface area (Å²) >= 11 is 0. The van der Waals surface area contributed by atoms with Gasteiger partial charge in [0.1, 0.15) is 5.75 Å². The van der Waals surface area contributed by atoms with Crippen LogP contribution in [0.15, 0.2) is 54.6 Å². The Morgan fingerprint density at radius 3 is 2.32 bits per heavy atom. The maximum atomic E-state index is 12.6. The van der Waals surface area contributed by atoms with Crippen molar-refractivity contribution in [1.82, 2.24) is 0 Å². The van der Waals surface area contributed by atoms with E-state index >= 15 is 0 Å². The lowest BCUT2D eigenvalue weighted by atomic mass is 9.94. The van der Waals surface area contributed by atoms with Crippen molar-refractivity contribution < 1.29 is 22.1 Å².